The summed E-state index contributed by atoms with van der Waals surface area (Å²) in [6, 6.07) is 0. The second-order valence-corrected chi connectivity index (χ2v) is 6.57. The van der Waals surface area contributed by atoms with Gasteiger partial charge in [-0.1, -0.05) is 0 Å². The lowest BCUT2D eigenvalue weighted by atomic mass is 10.1. The fraction of sp³-hybridized carbons (Fsp3) is 0.500. The number of nitrogen functional groups attached to an aromatic ring is 1. The van der Waals surface area contributed by atoms with Crippen molar-refractivity contribution >= 4 is 24.9 Å². The lowest BCUT2D eigenvalue weighted by Gasteiger charge is -2.27. The number of rotatable bonds is 1. The average molecular weight is 345 g/mol. The molecule has 2 aromatic heterocycles. The Morgan fingerprint density at radius 1 is 1.52 bits per heavy atom. The third-order valence-electron chi connectivity index (χ3n) is 3.69. The average Bonchev–Trinajstić information content (AvgIpc) is 3.00. The van der Waals surface area contributed by atoms with Crippen molar-refractivity contribution in [3.05, 3.63) is 16.7 Å². The molecule has 2 saturated heterocycles. The Labute approximate surface area is 127 Å². The van der Waals surface area contributed by atoms with Gasteiger partial charge in [-0.3, -0.25) is 23.4 Å². The first-order valence-corrected chi connectivity index (χ1v) is 8.07. The summed E-state index contributed by atoms with van der Waals surface area (Å²) in [7, 11) is -4.22. The molecule has 0 amide bonds. The van der Waals surface area contributed by atoms with Gasteiger partial charge in [0.1, 0.15) is 18.3 Å². The van der Waals surface area contributed by atoms with Gasteiger partial charge in [0.25, 0.3) is 5.56 Å². The van der Waals surface area contributed by atoms with Gasteiger partial charge in [0.15, 0.2) is 17.4 Å². The van der Waals surface area contributed by atoms with Crippen LogP contribution in [0.4, 0.5) is 5.95 Å². The normalized spacial score (nSPS) is 37.1. The second-order valence-electron chi connectivity index (χ2n) is 5.17. The fourth-order valence-corrected chi connectivity index (χ4v) is 3.66. The van der Waals surface area contributed by atoms with Crippen LogP contribution in [0.1, 0.15) is 6.23 Å². The van der Waals surface area contributed by atoms with Crippen molar-refractivity contribution in [2.24, 2.45) is 0 Å². The molecule has 0 aliphatic carbocycles. The molecular formula is C10H12N5O7P. The van der Waals surface area contributed by atoms with E-state index in [1.165, 1.54) is 10.9 Å². The van der Waals surface area contributed by atoms with Gasteiger partial charge < -0.3 is 20.5 Å². The van der Waals surface area contributed by atoms with Crippen molar-refractivity contribution in [3.8, 4) is 0 Å². The maximum absolute atomic E-state index is 11.8. The molecule has 4 heterocycles. The monoisotopic (exact) mass is 345 g/mol. The number of nitrogens with two attached hydrogens (primary N) is 1. The van der Waals surface area contributed by atoms with Gasteiger partial charge in [0, 0.05) is 0 Å². The molecule has 4 rings (SSSR count). The Morgan fingerprint density at radius 3 is 3.09 bits per heavy atom. The third kappa shape index (κ3) is 2.27. The first-order chi connectivity index (χ1) is 10.9. The molecule has 13 heteroatoms. The number of aromatic amines is 1. The quantitative estimate of drug-likeness (QED) is 0.444. The number of phosphoric ester groups is 1. The summed E-state index contributed by atoms with van der Waals surface area (Å²) in [5, 5.41) is 10.4. The molecule has 2 aliphatic rings. The minimum Gasteiger partial charge on any atom is -0.386 e. The van der Waals surface area contributed by atoms with Crippen molar-refractivity contribution in [1.82, 2.24) is 19.5 Å². The topological polar surface area (TPSA) is 175 Å². The number of aliphatic hydroxyl groups excluding tert-OH is 1. The molecule has 0 saturated carbocycles. The molecule has 1 unspecified atom stereocenters. The van der Waals surface area contributed by atoms with E-state index in [1.54, 1.807) is 0 Å². The molecule has 124 valence electrons. The maximum Gasteiger partial charge on any atom is 0.472 e. The van der Waals surface area contributed by atoms with Crippen LogP contribution in [0.3, 0.4) is 0 Å². The van der Waals surface area contributed by atoms with Crippen LogP contribution >= 0.6 is 7.82 Å². The number of anilines is 1. The Balaban J connectivity index is 1.75. The zero-order valence-electron chi connectivity index (χ0n) is 11.4. The molecule has 2 aliphatic heterocycles. The summed E-state index contributed by atoms with van der Waals surface area (Å²) in [5.41, 5.74) is 5.12. The number of H-pyrrole nitrogens is 1. The van der Waals surface area contributed by atoms with Crippen molar-refractivity contribution in [2.75, 3.05) is 12.3 Å². The Hall–Kier alpha value is -1.82. The fourth-order valence-electron chi connectivity index (χ4n) is 2.69. The van der Waals surface area contributed by atoms with Crippen LogP contribution in [0, 0.1) is 0 Å². The van der Waals surface area contributed by atoms with Crippen molar-refractivity contribution in [1.29, 1.82) is 0 Å². The van der Waals surface area contributed by atoms with E-state index in [0.29, 0.717) is 0 Å². The van der Waals surface area contributed by atoms with Crippen LogP contribution in [0.5, 0.6) is 0 Å². The third-order valence-corrected chi connectivity index (χ3v) is 4.68. The number of fused-ring (bicyclic) bond motifs is 2. The number of phosphoric acid groups is 1. The van der Waals surface area contributed by atoms with E-state index in [-0.39, 0.29) is 23.7 Å². The molecule has 0 aromatic carbocycles. The molecule has 5 N–H and O–H groups in total. The van der Waals surface area contributed by atoms with Crippen LogP contribution in [0.2, 0.25) is 0 Å². The van der Waals surface area contributed by atoms with Gasteiger partial charge >= 0.3 is 7.82 Å². The summed E-state index contributed by atoms with van der Waals surface area (Å²) in [4.78, 5) is 31.3. The number of nitrogens with zero attached hydrogens (tertiary/aromatic N) is 3. The molecule has 0 bridgehead atoms. The largest absolute Gasteiger partial charge is 0.472 e. The molecule has 0 spiro atoms. The first-order valence-electron chi connectivity index (χ1n) is 6.57. The van der Waals surface area contributed by atoms with Crippen molar-refractivity contribution < 1.29 is 28.3 Å². The zero-order chi connectivity index (χ0) is 16.4. The summed E-state index contributed by atoms with van der Waals surface area (Å²) >= 11 is 0. The first kappa shape index (κ1) is 14.8. The molecule has 2 fully saturated rings. The van der Waals surface area contributed by atoms with E-state index in [0.717, 1.165) is 0 Å². The number of aromatic nitrogens is 4. The maximum atomic E-state index is 11.8. The van der Waals surface area contributed by atoms with E-state index in [4.69, 9.17) is 15.0 Å². The van der Waals surface area contributed by atoms with E-state index < -0.39 is 37.9 Å². The Kier molecular flexibility index (Phi) is 3.10. The predicted molar refractivity (Wildman–Crippen MR) is 73.1 cm³/mol. The van der Waals surface area contributed by atoms with Gasteiger partial charge in [-0.25, -0.2) is 9.55 Å². The van der Waals surface area contributed by atoms with Crippen LogP contribution in [-0.2, 0) is 18.3 Å². The van der Waals surface area contributed by atoms with Crippen LogP contribution in [-0.4, -0.2) is 54.4 Å². The molecule has 0 radical (unpaired) electrons. The highest BCUT2D eigenvalue weighted by Gasteiger charge is 2.52. The summed E-state index contributed by atoms with van der Waals surface area (Å²) in [5.74, 6) is -0.117. The lowest BCUT2D eigenvalue weighted by molar-refractivity contribution is -0.0664. The highest BCUT2D eigenvalue weighted by atomic mass is 31.2. The molecule has 12 nitrogen and oxygen atoms in total. The summed E-state index contributed by atoms with van der Waals surface area (Å²) in [6.07, 6.45) is -2.85. The van der Waals surface area contributed by atoms with Gasteiger partial charge in [-0.15, -0.1) is 0 Å². The number of ether oxygens (including phenoxy) is 1. The van der Waals surface area contributed by atoms with Crippen LogP contribution in [0.25, 0.3) is 11.2 Å². The molecular weight excluding hydrogens is 333 g/mol. The lowest BCUT2D eigenvalue weighted by Crippen LogP contribution is -2.39. The zero-order valence-corrected chi connectivity index (χ0v) is 12.3. The summed E-state index contributed by atoms with van der Waals surface area (Å²) < 4.78 is 27.9. The van der Waals surface area contributed by atoms with Crippen LogP contribution in [0.15, 0.2) is 11.1 Å². The van der Waals surface area contributed by atoms with E-state index >= 15 is 0 Å². The number of imidazole rings is 1. The van der Waals surface area contributed by atoms with E-state index in [9.17, 15) is 19.4 Å². The number of hydrogen-bond acceptors (Lipinski definition) is 9. The van der Waals surface area contributed by atoms with Gasteiger partial charge in [-0.05, 0) is 0 Å². The smallest absolute Gasteiger partial charge is 0.386 e. The predicted octanol–water partition coefficient (Wildman–Crippen LogP) is -1.52. The van der Waals surface area contributed by atoms with Crippen LogP contribution < -0.4 is 11.3 Å². The Bertz CT molecular complexity index is 880. The molecule has 23 heavy (non-hydrogen) atoms. The van der Waals surface area contributed by atoms with E-state index in [2.05, 4.69) is 19.5 Å². The molecule has 5 atom stereocenters. The van der Waals surface area contributed by atoms with Crippen molar-refractivity contribution in [3.63, 3.8) is 0 Å². The highest BCUT2D eigenvalue weighted by Crippen LogP contribution is 2.52. The second kappa shape index (κ2) is 4.84. The number of aliphatic hydroxyl groups is 1. The number of nitrogens with one attached hydrogen (secondary N) is 1. The van der Waals surface area contributed by atoms with Gasteiger partial charge in [0.05, 0.1) is 12.9 Å². The number of hydrogen-bond donors (Lipinski definition) is 4. The standard InChI is InChI=1S/C10H12N5O7P/c11-10-13-7-4(8(17)14-10)12-2-15(7)9-5(16)6-3(21-9)1-20-23(18,19)22-6/h2-3,5-6,9,16H,1H2,(H,18,19)(H3,11,13,14,17)/t3-,5-,6-,9+/m1/s1. The van der Waals surface area contributed by atoms with Gasteiger partial charge in [0.2, 0.25) is 5.95 Å². The highest BCUT2D eigenvalue weighted by molar-refractivity contribution is 7.47. The van der Waals surface area contributed by atoms with E-state index in [1.807, 2.05) is 0 Å². The molecule has 2 aromatic rings. The minimum atomic E-state index is -4.22. The Morgan fingerprint density at radius 2 is 2.30 bits per heavy atom. The SMILES string of the molecule is Nc1nc2c(ncn2[C@H]2O[C@@H]3COP(=O)(O)O[C@H]3[C@H]2O)c(=O)[nH]1. The van der Waals surface area contributed by atoms with Crippen molar-refractivity contribution in [2.45, 2.75) is 24.5 Å². The summed E-state index contributed by atoms with van der Waals surface area (Å²) in [6.45, 7) is -0.214. The minimum absolute atomic E-state index is 0.0230. The van der Waals surface area contributed by atoms with Gasteiger partial charge in [-0.2, -0.15) is 4.98 Å².